The molecule has 0 aliphatic carbocycles. The Morgan fingerprint density at radius 2 is 1.91 bits per heavy atom. The van der Waals surface area contributed by atoms with Gasteiger partial charge in [-0.05, 0) is 67.9 Å². The largest absolute Gasteiger partial charge is 0.487 e. The first kappa shape index (κ1) is 21.6. The van der Waals surface area contributed by atoms with Crippen molar-refractivity contribution in [2.45, 2.75) is 20.5 Å². The molecule has 2 aromatic heterocycles. The second kappa shape index (κ2) is 9.24. The number of anilines is 1. The van der Waals surface area contributed by atoms with E-state index in [1.165, 1.54) is 0 Å². The molecule has 0 spiro atoms. The number of hydrogen-bond donors (Lipinski definition) is 1. The topological polar surface area (TPSA) is 69.0 Å². The van der Waals surface area contributed by atoms with E-state index in [1.807, 2.05) is 62.0 Å². The number of carbonyl (C=O) groups is 1. The fourth-order valence-electron chi connectivity index (χ4n) is 3.23. The van der Waals surface area contributed by atoms with Crippen molar-refractivity contribution >= 4 is 23.2 Å². The van der Waals surface area contributed by atoms with Gasteiger partial charge in [0, 0.05) is 36.3 Å². The minimum Gasteiger partial charge on any atom is -0.487 e. The van der Waals surface area contributed by atoms with E-state index >= 15 is 0 Å². The van der Waals surface area contributed by atoms with E-state index in [4.69, 9.17) is 16.3 Å². The third kappa shape index (κ3) is 4.81. The van der Waals surface area contributed by atoms with Gasteiger partial charge in [-0.3, -0.25) is 9.78 Å². The number of aromatic nitrogens is 3. The van der Waals surface area contributed by atoms with Gasteiger partial charge in [0.1, 0.15) is 18.2 Å². The number of halogens is 1. The summed E-state index contributed by atoms with van der Waals surface area (Å²) < 4.78 is 7.67. The molecule has 0 aliphatic heterocycles. The summed E-state index contributed by atoms with van der Waals surface area (Å²) in [6.07, 6.45) is 3.65. The maximum atomic E-state index is 12.8. The molecule has 0 saturated carbocycles. The van der Waals surface area contributed by atoms with Crippen molar-refractivity contribution in [3.8, 4) is 17.0 Å². The summed E-state index contributed by atoms with van der Waals surface area (Å²) in [6, 6.07) is 16.4. The third-order valence-electron chi connectivity index (χ3n) is 5.18. The molecule has 1 amide bonds. The zero-order valence-electron chi connectivity index (χ0n) is 18.1. The lowest BCUT2D eigenvalue weighted by Crippen LogP contribution is -2.13. The fourth-order valence-corrected chi connectivity index (χ4v) is 3.55. The molecule has 2 aromatic carbocycles. The van der Waals surface area contributed by atoms with E-state index in [9.17, 15) is 4.79 Å². The first-order chi connectivity index (χ1) is 15.4. The molecular weight excluding hydrogens is 424 g/mol. The number of carbonyl (C=O) groups excluding carboxylic acids is 1. The van der Waals surface area contributed by atoms with E-state index in [-0.39, 0.29) is 5.91 Å². The molecule has 162 valence electrons. The Hall–Kier alpha value is -3.64. The fraction of sp³-hybridized carbons (Fsp3) is 0.160. The lowest BCUT2D eigenvalue weighted by atomic mass is 10.1. The van der Waals surface area contributed by atoms with Crippen LogP contribution in [0.3, 0.4) is 0 Å². The molecule has 4 rings (SSSR count). The molecule has 0 bridgehead atoms. The molecule has 0 fully saturated rings. The highest BCUT2D eigenvalue weighted by Gasteiger charge is 2.14. The second-order valence-corrected chi connectivity index (χ2v) is 7.93. The van der Waals surface area contributed by atoms with Crippen LogP contribution >= 0.6 is 11.6 Å². The van der Waals surface area contributed by atoms with E-state index in [0.717, 1.165) is 28.3 Å². The van der Waals surface area contributed by atoms with Crippen LogP contribution in [-0.2, 0) is 13.7 Å². The van der Waals surface area contributed by atoms with Crippen molar-refractivity contribution in [1.82, 2.24) is 14.5 Å². The number of nitrogens with zero attached hydrogens (tertiary/aromatic N) is 3. The van der Waals surface area contributed by atoms with Crippen molar-refractivity contribution in [1.29, 1.82) is 0 Å². The predicted molar refractivity (Wildman–Crippen MR) is 126 cm³/mol. The summed E-state index contributed by atoms with van der Waals surface area (Å²) in [5.74, 6) is 1.34. The highest BCUT2D eigenvalue weighted by molar-refractivity contribution is 6.33. The van der Waals surface area contributed by atoms with E-state index in [1.54, 1.807) is 30.5 Å². The Morgan fingerprint density at radius 1 is 1.12 bits per heavy atom. The molecule has 6 nitrogen and oxygen atoms in total. The molecule has 2 heterocycles. The van der Waals surface area contributed by atoms with E-state index in [0.29, 0.717) is 28.6 Å². The lowest BCUT2D eigenvalue weighted by Gasteiger charge is -2.12. The van der Waals surface area contributed by atoms with Gasteiger partial charge >= 0.3 is 0 Å². The molecule has 4 aromatic rings. The third-order valence-corrected chi connectivity index (χ3v) is 5.49. The van der Waals surface area contributed by atoms with Crippen LogP contribution in [0, 0.1) is 13.8 Å². The first-order valence-electron chi connectivity index (χ1n) is 10.2. The van der Waals surface area contributed by atoms with Crippen molar-refractivity contribution < 1.29 is 9.53 Å². The Labute approximate surface area is 191 Å². The van der Waals surface area contributed by atoms with Crippen LogP contribution in [0.2, 0.25) is 5.02 Å². The van der Waals surface area contributed by atoms with Gasteiger partial charge < -0.3 is 14.6 Å². The van der Waals surface area contributed by atoms with Crippen LogP contribution in [-0.4, -0.2) is 20.4 Å². The maximum Gasteiger partial charge on any atom is 0.255 e. The van der Waals surface area contributed by atoms with Crippen LogP contribution in [0.4, 0.5) is 5.69 Å². The van der Waals surface area contributed by atoms with Gasteiger partial charge in [0.05, 0.1) is 16.4 Å². The molecule has 0 radical (unpaired) electrons. The normalized spacial score (nSPS) is 10.8. The van der Waals surface area contributed by atoms with Crippen molar-refractivity contribution in [3.05, 3.63) is 94.7 Å². The number of imidazole rings is 1. The molecule has 1 N–H and O–H groups in total. The van der Waals surface area contributed by atoms with Crippen LogP contribution in [0.1, 0.15) is 27.4 Å². The minimum atomic E-state index is -0.213. The van der Waals surface area contributed by atoms with Crippen molar-refractivity contribution in [2.75, 3.05) is 5.32 Å². The Bertz CT molecular complexity index is 1230. The quantitative estimate of drug-likeness (QED) is 0.419. The van der Waals surface area contributed by atoms with Crippen LogP contribution < -0.4 is 10.1 Å². The maximum absolute atomic E-state index is 12.8. The number of nitrogens with one attached hydrogen (secondary N) is 1. The summed E-state index contributed by atoms with van der Waals surface area (Å²) in [4.78, 5) is 21.6. The minimum absolute atomic E-state index is 0.213. The van der Waals surface area contributed by atoms with Gasteiger partial charge in [-0.2, -0.15) is 0 Å². The van der Waals surface area contributed by atoms with Gasteiger partial charge in [-0.25, -0.2) is 4.98 Å². The number of rotatable bonds is 6. The summed E-state index contributed by atoms with van der Waals surface area (Å²) in [6.45, 7) is 4.20. The molecule has 0 aliphatic rings. The van der Waals surface area contributed by atoms with Crippen molar-refractivity contribution in [3.63, 3.8) is 0 Å². The van der Waals surface area contributed by atoms with Crippen LogP contribution in [0.5, 0.6) is 5.75 Å². The highest BCUT2D eigenvalue weighted by atomic mass is 35.5. The smallest absolute Gasteiger partial charge is 0.255 e. The average Bonchev–Trinajstić information content (AvgIpc) is 3.13. The predicted octanol–water partition coefficient (Wildman–Crippen LogP) is 5.58. The Kier molecular flexibility index (Phi) is 6.23. The van der Waals surface area contributed by atoms with Crippen LogP contribution in [0.15, 0.2) is 67.0 Å². The monoisotopic (exact) mass is 446 g/mol. The van der Waals surface area contributed by atoms with Gasteiger partial charge in [0.15, 0.2) is 0 Å². The Balaban J connectivity index is 1.48. The highest BCUT2D eigenvalue weighted by Crippen LogP contribution is 2.32. The van der Waals surface area contributed by atoms with Crippen molar-refractivity contribution in [2.24, 2.45) is 7.05 Å². The number of ether oxygens (including phenoxy) is 1. The number of amides is 1. The lowest BCUT2D eigenvalue weighted by molar-refractivity contribution is 0.102. The standard InChI is InChI=1S/C25H23ClN4O2/c1-16-12-22(26)21(24-14-30(3)17(2)28-24)13-23(16)29-25(31)18-7-9-20(10-8-18)32-15-19-6-4-5-11-27-19/h4-14H,15H2,1-3H3,(H,29,31). The van der Waals surface area contributed by atoms with Gasteiger partial charge in [-0.15, -0.1) is 0 Å². The zero-order valence-corrected chi connectivity index (χ0v) is 18.8. The SMILES string of the molecule is Cc1cc(Cl)c(-c2cn(C)c(C)n2)cc1NC(=O)c1ccc(OCc2ccccn2)cc1. The number of pyridine rings is 1. The average molecular weight is 447 g/mol. The summed E-state index contributed by atoms with van der Waals surface area (Å²) >= 11 is 6.46. The molecule has 7 heteroatoms. The van der Waals surface area contributed by atoms with E-state index in [2.05, 4.69) is 15.3 Å². The van der Waals surface area contributed by atoms with Gasteiger partial charge in [0.25, 0.3) is 5.91 Å². The number of benzene rings is 2. The summed E-state index contributed by atoms with van der Waals surface area (Å²) in [5, 5.41) is 3.57. The molecule has 0 unspecified atom stereocenters. The first-order valence-corrected chi connectivity index (χ1v) is 10.5. The van der Waals surface area contributed by atoms with Gasteiger partial charge in [-0.1, -0.05) is 17.7 Å². The van der Waals surface area contributed by atoms with E-state index < -0.39 is 0 Å². The zero-order chi connectivity index (χ0) is 22.7. The van der Waals surface area contributed by atoms with Crippen LogP contribution in [0.25, 0.3) is 11.3 Å². The van der Waals surface area contributed by atoms with Gasteiger partial charge in [0.2, 0.25) is 0 Å². The molecule has 0 saturated heterocycles. The number of hydrogen-bond acceptors (Lipinski definition) is 4. The molecule has 0 atom stereocenters. The number of aryl methyl sites for hydroxylation is 3. The molecular formula is C25H23ClN4O2. The Morgan fingerprint density at radius 3 is 2.56 bits per heavy atom. The second-order valence-electron chi connectivity index (χ2n) is 7.52. The molecule has 32 heavy (non-hydrogen) atoms. The summed E-state index contributed by atoms with van der Waals surface area (Å²) in [5.41, 5.74) is 4.46. The summed E-state index contributed by atoms with van der Waals surface area (Å²) in [7, 11) is 1.93.